The molecule has 0 unspecified atom stereocenters. The first-order chi connectivity index (χ1) is 8.76. The minimum Gasteiger partial charge on any atom is -0.299 e. The van der Waals surface area contributed by atoms with Gasteiger partial charge in [-0.3, -0.25) is 4.79 Å². The summed E-state index contributed by atoms with van der Waals surface area (Å²) in [6.07, 6.45) is 2.26. The van der Waals surface area contributed by atoms with Crippen molar-refractivity contribution in [3.8, 4) is 6.07 Å². The van der Waals surface area contributed by atoms with Crippen molar-refractivity contribution in [1.82, 2.24) is 0 Å². The highest BCUT2D eigenvalue weighted by atomic mass is 16.1. The van der Waals surface area contributed by atoms with Crippen molar-refractivity contribution in [3.63, 3.8) is 0 Å². The molecule has 92 valence electrons. The van der Waals surface area contributed by atoms with E-state index in [1.54, 1.807) is 0 Å². The Kier molecular flexibility index (Phi) is 3.34. The minimum absolute atomic E-state index is 0.143. The van der Waals surface area contributed by atoms with Crippen molar-refractivity contribution in [3.05, 3.63) is 49.1 Å². The molecule has 2 aliphatic carbocycles. The number of nitrogens with zero attached hydrogens (tertiary/aromatic N) is 1. The molecule has 1 aromatic rings. The summed E-state index contributed by atoms with van der Waals surface area (Å²) in [7, 11) is 0. The average Bonchev–Trinajstić information content (AvgIpc) is 2.99. The summed E-state index contributed by atoms with van der Waals surface area (Å²) < 4.78 is 0. The van der Waals surface area contributed by atoms with Gasteiger partial charge in [0.15, 0.2) is 0 Å². The van der Waals surface area contributed by atoms with Gasteiger partial charge >= 0.3 is 0 Å². The Morgan fingerprint density at radius 3 is 2.39 bits per heavy atom. The van der Waals surface area contributed by atoms with Crippen LogP contribution < -0.4 is 0 Å². The van der Waals surface area contributed by atoms with Crippen LogP contribution in [0.5, 0.6) is 0 Å². The second-order valence-electron chi connectivity index (χ2n) is 4.95. The van der Waals surface area contributed by atoms with E-state index in [0.717, 1.165) is 18.4 Å². The standard InChI is InChI=1S/C14H13NO.C2H4/c15-9-14(11-4-2-1-3-5-11)8-10-6-12(14)7-13(10)16;1-2/h1-5,10,12H,6-8H2;1-2H2/t10-,12-,14+;/m1./s1. The molecule has 0 heterocycles. The highest BCUT2D eigenvalue weighted by Gasteiger charge is 2.56. The zero-order valence-electron chi connectivity index (χ0n) is 10.4. The summed E-state index contributed by atoms with van der Waals surface area (Å²) in [4.78, 5) is 11.6. The Labute approximate surface area is 108 Å². The van der Waals surface area contributed by atoms with E-state index in [1.165, 1.54) is 0 Å². The van der Waals surface area contributed by atoms with E-state index in [1.807, 2.05) is 30.3 Å². The SMILES string of the molecule is C=C.N#C[C@]1(c2ccccc2)C[C@H]2C[C@@H]1CC2=O. The molecule has 2 saturated carbocycles. The van der Waals surface area contributed by atoms with Gasteiger partial charge in [-0.25, -0.2) is 0 Å². The van der Waals surface area contributed by atoms with Crippen molar-refractivity contribution in [2.24, 2.45) is 11.8 Å². The number of Topliss-reactive ketones (excluding diaryl/α,β-unsaturated/α-hetero) is 1. The van der Waals surface area contributed by atoms with Crippen LogP contribution in [0, 0.1) is 23.2 Å². The molecule has 0 saturated heterocycles. The highest BCUT2D eigenvalue weighted by molar-refractivity contribution is 5.85. The van der Waals surface area contributed by atoms with Gasteiger partial charge in [0.2, 0.25) is 0 Å². The molecule has 2 bridgehead atoms. The van der Waals surface area contributed by atoms with E-state index in [2.05, 4.69) is 19.2 Å². The Morgan fingerprint density at radius 2 is 1.94 bits per heavy atom. The molecule has 0 aliphatic heterocycles. The van der Waals surface area contributed by atoms with Crippen LogP contribution in [0.1, 0.15) is 24.8 Å². The van der Waals surface area contributed by atoms with Crippen molar-refractivity contribution in [1.29, 1.82) is 5.26 Å². The van der Waals surface area contributed by atoms with Gasteiger partial charge in [-0.05, 0) is 24.3 Å². The van der Waals surface area contributed by atoms with Crippen molar-refractivity contribution in [2.75, 3.05) is 0 Å². The molecule has 3 atom stereocenters. The topological polar surface area (TPSA) is 40.9 Å². The Hall–Kier alpha value is -1.88. The van der Waals surface area contributed by atoms with E-state index in [4.69, 9.17) is 0 Å². The Balaban J connectivity index is 0.000000574. The third-order valence-electron chi connectivity index (χ3n) is 4.23. The maximum atomic E-state index is 11.6. The van der Waals surface area contributed by atoms with Gasteiger partial charge in [0.25, 0.3) is 0 Å². The summed E-state index contributed by atoms with van der Waals surface area (Å²) in [5.74, 6) is 0.758. The lowest BCUT2D eigenvalue weighted by Gasteiger charge is -2.30. The van der Waals surface area contributed by atoms with E-state index >= 15 is 0 Å². The molecule has 0 amide bonds. The smallest absolute Gasteiger partial charge is 0.136 e. The number of carbonyl (C=O) groups excluding carboxylic acids is 1. The summed E-state index contributed by atoms with van der Waals surface area (Å²) >= 11 is 0. The second kappa shape index (κ2) is 4.78. The van der Waals surface area contributed by atoms with Crippen LogP contribution in [0.25, 0.3) is 0 Å². The summed E-state index contributed by atoms with van der Waals surface area (Å²) in [6, 6.07) is 12.5. The average molecular weight is 239 g/mol. The van der Waals surface area contributed by atoms with E-state index < -0.39 is 0 Å². The fraction of sp³-hybridized carbons (Fsp3) is 0.375. The lowest BCUT2D eigenvalue weighted by molar-refractivity contribution is -0.122. The molecule has 2 fully saturated rings. The third kappa shape index (κ3) is 1.67. The fourth-order valence-corrected chi connectivity index (χ4v) is 3.39. The van der Waals surface area contributed by atoms with Crippen LogP contribution >= 0.6 is 0 Å². The van der Waals surface area contributed by atoms with Crippen LogP contribution in [0.15, 0.2) is 43.5 Å². The molecule has 2 heteroatoms. The van der Waals surface area contributed by atoms with E-state index in [9.17, 15) is 10.1 Å². The maximum absolute atomic E-state index is 11.6. The predicted octanol–water partition coefficient (Wildman–Crippen LogP) is 3.25. The fourth-order valence-electron chi connectivity index (χ4n) is 3.39. The molecule has 18 heavy (non-hydrogen) atoms. The number of ketones is 1. The van der Waals surface area contributed by atoms with Crippen LogP contribution in [0.2, 0.25) is 0 Å². The number of nitriles is 1. The molecular formula is C16H17NO. The highest BCUT2D eigenvalue weighted by Crippen LogP contribution is 2.55. The zero-order chi connectivity index (χ0) is 13.2. The number of benzene rings is 1. The van der Waals surface area contributed by atoms with Gasteiger partial charge in [-0.15, -0.1) is 13.2 Å². The first kappa shape index (κ1) is 12.6. The predicted molar refractivity (Wildman–Crippen MR) is 70.8 cm³/mol. The Morgan fingerprint density at radius 1 is 1.28 bits per heavy atom. The van der Waals surface area contributed by atoms with Crippen LogP contribution in [0.3, 0.4) is 0 Å². The molecular weight excluding hydrogens is 222 g/mol. The number of rotatable bonds is 1. The third-order valence-corrected chi connectivity index (χ3v) is 4.23. The van der Waals surface area contributed by atoms with Crippen LogP contribution in [0.4, 0.5) is 0 Å². The van der Waals surface area contributed by atoms with E-state index in [0.29, 0.717) is 12.2 Å². The number of carbonyl (C=O) groups is 1. The zero-order valence-corrected chi connectivity index (χ0v) is 10.4. The quantitative estimate of drug-likeness (QED) is 0.706. The first-order valence-corrected chi connectivity index (χ1v) is 6.26. The largest absolute Gasteiger partial charge is 0.299 e. The summed E-state index contributed by atoms with van der Waals surface area (Å²) in [5.41, 5.74) is 0.706. The van der Waals surface area contributed by atoms with Crippen molar-refractivity contribution < 1.29 is 4.79 Å². The number of hydrogen-bond acceptors (Lipinski definition) is 2. The molecule has 2 nitrogen and oxygen atoms in total. The first-order valence-electron chi connectivity index (χ1n) is 6.26. The minimum atomic E-state index is -0.389. The number of hydrogen-bond donors (Lipinski definition) is 0. The maximum Gasteiger partial charge on any atom is 0.136 e. The van der Waals surface area contributed by atoms with E-state index in [-0.39, 0.29) is 17.3 Å². The number of fused-ring (bicyclic) bond motifs is 2. The van der Waals surface area contributed by atoms with Gasteiger partial charge in [0, 0.05) is 12.3 Å². The summed E-state index contributed by atoms with van der Waals surface area (Å²) in [6.45, 7) is 6.00. The molecule has 0 radical (unpaired) electrons. The van der Waals surface area contributed by atoms with Gasteiger partial charge in [-0.2, -0.15) is 5.26 Å². The normalized spacial score (nSPS) is 32.5. The molecule has 3 rings (SSSR count). The van der Waals surface area contributed by atoms with Gasteiger partial charge in [0.05, 0.1) is 11.5 Å². The second-order valence-corrected chi connectivity index (χ2v) is 4.95. The van der Waals surface area contributed by atoms with Crippen LogP contribution in [-0.2, 0) is 10.2 Å². The monoisotopic (exact) mass is 239 g/mol. The van der Waals surface area contributed by atoms with Crippen molar-refractivity contribution >= 4 is 5.78 Å². The van der Waals surface area contributed by atoms with Gasteiger partial charge in [-0.1, -0.05) is 30.3 Å². The van der Waals surface area contributed by atoms with Crippen LogP contribution in [-0.4, -0.2) is 5.78 Å². The molecule has 2 aliphatic rings. The van der Waals surface area contributed by atoms with Gasteiger partial charge in [0.1, 0.15) is 5.78 Å². The molecule has 0 spiro atoms. The molecule has 0 aromatic heterocycles. The van der Waals surface area contributed by atoms with Gasteiger partial charge < -0.3 is 0 Å². The molecule has 0 N–H and O–H groups in total. The lowest BCUT2D eigenvalue weighted by Crippen LogP contribution is -2.33. The summed E-state index contributed by atoms with van der Waals surface area (Å²) in [5, 5.41) is 9.52. The molecule has 1 aromatic carbocycles. The lowest BCUT2D eigenvalue weighted by atomic mass is 9.69. The Bertz CT molecular complexity index is 488. The van der Waals surface area contributed by atoms with Crippen molar-refractivity contribution in [2.45, 2.75) is 24.7 Å².